The number of nitrogens with one attached hydrogen (secondary N) is 2. The van der Waals surface area contributed by atoms with E-state index in [2.05, 4.69) is 20.8 Å². The number of hydrogen-bond donors (Lipinski definition) is 2. The number of nitrogens with zero attached hydrogens (tertiary/aromatic N) is 2. The summed E-state index contributed by atoms with van der Waals surface area (Å²) in [6.07, 6.45) is 2.53. The topological polar surface area (TPSA) is 80.0 Å². The summed E-state index contributed by atoms with van der Waals surface area (Å²) in [5, 5.41) is 9.90. The van der Waals surface area contributed by atoms with Crippen LogP contribution in [0.2, 0.25) is 0 Å². The Morgan fingerprint density at radius 3 is 3.06 bits per heavy atom. The third kappa shape index (κ3) is 2.82. The van der Waals surface area contributed by atoms with Gasteiger partial charge in [-0.3, -0.25) is 4.79 Å². The summed E-state index contributed by atoms with van der Waals surface area (Å²) in [7, 11) is 0. The molecule has 1 saturated heterocycles. The molecular formula is C11H18N4O2. The van der Waals surface area contributed by atoms with Crippen molar-refractivity contribution < 1.29 is 9.32 Å². The average Bonchev–Trinajstić information content (AvgIpc) is 2.89. The Labute approximate surface area is 100 Å². The van der Waals surface area contributed by atoms with E-state index in [0.717, 1.165) is 19.4 Å². The summed E-state index contributed by atoms with van der Waals surface area (Å²) in [4.78, 5) is 16.0. The van der Waals surface area contributed by atoms with Crippen LogP contribution in [-0.4, -0.2) is 34.7 Å². The zero-order valence-corrected chi connectivity index (χ0v) is 10.2. The second-order valence-electron chi connectivity index (χ2n) is 4.60. The maximum Gasteiger partial charge on any atom is 0.240 e. The summed E-state index contributed by atoms with van der Waals surface area (Å²) >= 11 is 0. The SMILES string of the molecule is Cc1nc(CCNC(=O)C2(C)CCCN2)no1. The van der Waals surface area contributed by atoms with Gasteiger partial charge in [0, 0.05) is 19.9 Å². The Kier molecular flexibility index (Phi) is 3.42. The highest BCUT2D eigenvalue weighted by Gasteiger charge is 2.35. The van der Waals surface area contributed by atoms with Crippen molar-refractivity contribution in [2.75, 3.05) is 13.1 Å². The molecule has 0 bridgehead atoms. The molecule has 1 aliphatic heterocycles. The molecule has 6 heteroatoms. The molecule has 1 aromatic heterocycles. The molecule has 94 valence electrons. The average molecular weight is 238 g/mol. The lowest BCUT2D eigenvalue weighted by molar-refractivity contribution is -0.126. The first-order valence-corrected chi connectivity index (χ1v) is 5.93. The Bertz CT molecular complexity index is 396. The Morgan fingerprint density at radius 1 is 1.65 bits per heavy atom. The zero-order valence-electron chi connectivity index (χ0n) is 10.2. The van der Waals surface area contributed by atoms with Crippen LogP contribution < -0.4 is 10.6 Å². The number of carbonyl (C=O) groups is 1. The van der Waals surface area contributed by atoms with Crippen LogP contribution in [0.25, 0.3) is 0 Å². The van der Waals surface area contributed by atoms with Crippen LogP contribution in [0.4, 0.5) is 0 Å². The van der Waals surface area contributed by atoms with Gasteiger partial charge in [-0.15, -0.1) is 0 Å². The smallest absolute Gasteiger partial charge is 0.240 e. The van der Waals surface area contributed by atoms with Gasteiger partial charge in [0.05, 0.1) is 5.54 Å². The first-order valence-electron chi connectivity index (χ1n) is 5.93. The van der Waals surface area contributed by atoms with Crippen molar-refractivity contribution in [2.24, 2.45) is 0 Å². The largest absolute Gasteiger partial charge is 0.354 e. The minimum atomic E-state index is -0.410. The van der Waals surface area contributed by atoms with Gasteiger partial charge >= 0.3 is 0 Å². The van der Waals surface area contributed by atoms with Gasteiger partial charge in [0.25, 0.3) is 0 Å². The normalized spacial score (nSPS) is 23.9. The Balaban J connectivity index is 1.77. The van der Waals surface area contributed by atoms with Crippen molar-refractivity contribution >= 4 is 5.91 Å². The van der Waals surface area contributed by atoms with Crippen LogP contribution in [0.5, 0.6) is 0 Å². The molecule has 1 unspecified atom stereocenters. The van der Waals surface area contributed by atoms with Gasteiger partial charge in [0.15, 0.2) is 5.82 Å². The molecule has 0 spiro atoms. The zero-order chi connectivity index (χ0) is 12.3. The molecule has 2 heterocycles. The first-order chi connectivity index (χ1) is 8.10. The lowest BCUT2D eigenvalue weighted by Crippen LogP contribution is -2.51. The molecule has 0 radical (unpaired) electrons. The fourth-order valence-electron chi connectivity index (χ4n) is 2.01. The number of aromatic nitrogens is 2. The van der Waals surface area contributed by atoms with E-state index < -0.39 is 5.54 Å². The van der Waals surface area contributed by atoms with E-state index in [1.54, 1.807) is 6.92 Å². The highest BCUT2D eigenvalue weighted by Crippen LogP contribution is 2.18. The molecule has 0 saturated carbocycles. The van der Waals surface area contributed by atoms with Crippen LogP contribution in [-0.2, 0) is 11.2 Å². The number of amides is 1. The van der Waals surface area contributed by atoms with E-state index in [-0.39, 0.29) is 5.91 Å². The van der Waals surface area contributed by atoms with Crippen molar-refractivity contribution in [3.63, 3.8) is 0 Å². The standard InChI is InChI=1S/C11H18N4O2/c1-8-14-9(15-17-8)4-7-12-10(16)11(2)5-3-6-13-11/h13H,3-7H2,1-2H3,(H,12,16). The Morgan fingerprint density at radius 2 is 2.47 bits per heavy atom. The summed E-state index contributed by atoms with van der Waals surface area (Å²) in [5.41, 5.74) is -0.410. The highest BCUT2D eigenvalue weighted by molar-refractivity contribution is 5.86. The van der Waals surface area contributed by atoms with Crippen molar-refractivity contribution in [3.8, 4) is 0 Å². The van der Waals surface area contributed by atoms with Gasteiger partial charge < -0.3 is 15.2 Å². The molecule has 1 aromatic rings. The monoisotopic (exact) mass is 238 g/mol. The number of rotatable bonds is 4. The highest BCUT2D eigenvalue weighted by atomic mass is 16.5. The van der Waals surface area contributed by atoms with Crippen molar-refractivity contribution in [1.29, 1.82) is 0 Å². The Hall–Kier alpha value is -1.43. The fraction of sp³-hybridized carbons (Fsp3) is 0.727. The van der Waals surface area contributed by atoms with E-state index in [1.165, 1.54) is 0 Å². The van der Waals surface area contributed by atoms with Gasteiger partial charge in [-0.1, -0.05) is 5.16 Å². The molecule has 6 nitrogen and oxygen atoms in total. The lowest BCUT2D eigenvalue weighted by atomic mass is 9.99. The summed E-state index contributed by atoms with van der Waals surface area (Å²) in [5.74, 6) is 1.23. The fourth-order valence-corrected chi connectivity index (χ4v) is 2.01. The summed E-state index contributed by atoms with van der Waals surface area (Å²) in [6.45, 7) is 5.13. The van der Waals surface area contributed by atoms with Crippen LogP contribution in [0.3, 0.4) is 0 Å². The van der Waals surface area contributed by atoms with Crippen LogP contribution in [0.1, 0.15) is 31.5 Å². The number of aryl methyl sites for hydroxylation is 1. The molecule has 1 atom stereocenters. The van der Waals surface area contributed by atoms with E-state index >= 15 is 0 Å². The predicted molar refractivity (Wildman–Crippen MR) is 61.4 cm³/mol. The van der Waals surface area contributed by atoms with E-state index in [1.807, 2.05) is 6.92 Å². The van der Waals surface area contributed by atoms with E-state index in [0.29, 0.717) is 24.7 Å². The molecule has 2 N–H and O–H groups in total. The van der Waals surface area contributed by atoms with Crippen LogP contribution in [0, 0.1) is 6.92 Å². The number of carbonyl (C=O) groups excluding carboxylic acids is 1. The van der Waals surface area contributed by atoms with Crippen LogP contribution >= 0.6 is 0 Å². The second-order valence-corrected chi connectivity index (χ2v) is 4.60. The van der Waals surface area contributed by atoms with Gasteiger partial charge in [-0.25, -0.2) is 0 Å². The molecule has 1 aliphatic rings. The molecule has 0 aromatic carbocycles. The first kappa shape index (κ1) is 12.0. The van der Waals surface area contributed by atoms with Crippen molar-refractivity contribution in [3.05, 3.63) is 11.7 Å². The third-order valence-electron chi connectivity index (χ3n) is 3.07. The summed E-state index contributed by atoms with van der Waals surface area (Å²) in [6, 6.07) is 0. The van der Waals surface area contributed by atoms with Gasteiger partial charge in [0.2, 0.25) is 11.8 Å². The van der Waals surface area contributed by atoms with E-state index in [4.69, 9.17) is 4.52 Å². The minimum Gasteiger partial charge on any atom is -0.354 e. The van der Waals surface area contributed by atoms with Gasteiger partial charge in [0.1, 0.15) is 0 Å². The molecule has 0 aliphatic carbocycles. The minimum absolute atomic E-state index is 0.0511. The second kappa shape index (κ2) is 4.83. The van der Waals surface area contributed by atoms with Gasteiger partial charge in [-0.2, -0.15) is 4.98 Å². The third-order valence-corrected chi connectivity index (χ3v) is 3.07. The van der Waals surface area contributed by atoms with Crippen molar-refractivity contribution in [1.82, 2.24) is 20.8 Å². The quantitative estimate of drug-likeness (QED) is 0.782. The summed E-state index contributed by atoms with van der Waals surface area (Å²) < 4.78 is 4.86. The maximum atomic E-state index is 11.9. The van der Waals surface area contributed by atoms with Gasteiger partial charge in [-0.05, 0) is 26.3 Å². The molecule has 1 amide bonds. The number of hydrogen-bond acceptors (Lipinski definition) is 5. The molecular weight excluding hydrogens is 220 g/mol. The van der Waals surface area contributed by atoms with Crippen molar-refractivity contribution in [2.45, 2.75) is 38.6 Å². The van der Waals surface area contributed by atoms with E-state index in [9.17, 15) is 4.79 Å². The maximum absolute atomic E-state index is 11.9. The lowest BCUT2D eigenvalue weighted by Gasteiger charge is -2.22. The van der Waals surface area contributed by atoms with Crippen LogP contribution in [0.15, 0.2) is 4.52 Å². The molecule has 2 rings (SSSR count). The molecule has 1 fully saturated rings. The predicted octanol–water partition coefficient (Wildman–Crippen LogP) is 0.179. The molecule has 17 heavy (non-hydrogen) atoms.